The van der Waals surface area contributed by atoms with Crippen molar-refractivity contribution in [1.82, 2.24) is 4.90 Å². The Bertz CT molecular complexity index is 193. The Morgan fingerprint density at radius 3 is 2.12 bits per heavy atom. The molecule has 0 radical (unpaired) electrons. The van der Waals surface area contributed by atoms with Crippen LogP contribution in [0, 0.1) is 0 Å². The predicted octanol–water partition coefficient (Wildman–Crippen LogP) is 2.84. The van der Waals surface area contributed by atoms with Crippen LogP contribution in [0.3, 0.4) is 0 Å². The van der Waals surface area contributed by atoms with Crippen molar-refractivity contribution in [3.63, 3.8) is 0 Å². The van der Waals surface area contributed by atoms with Gasteiger partial charge in [-0.3, -0.25) is 4.79 Å². The molecule has 0 amide bonds. The summed E-state index contributed by atoms with van der Waals surface area (Å²) in [5, 5.41) is 0. The minimum Gasteiger partial charge on any atom is -0.460 e. The van der Waals surface area contributed by atoms with E-state index >= 15 is 0 Å². The number of unbranched alkanes of at least 4 members (excludes halogenated alkanes) is 1. The minimum absolute atomic E-state index is 0.0768. The molecule has 0 saturated heterocycles. The highest BCUT2D eigenvalue weighted by atomic mass is 16.6. The summed E-state index contributed by atoms with van der Waals surface area (Å²) in [5.74, 6) is -0.0768. The number of hydrogen-bond donors (Lipinski definition) is 0. The summed E-state index contributed by atoms with van der Waals surface area (Å²) in [6.07, 6.45) is 2.53. The van der Waals surface area contributed by atoms with Gasteiger partial charge in [-0.2, -0.15) is 0 Å². The smallest absolute Gasteiger partial charge is 0.306 e. The van der Waals surface area contributed by atoms with E-state index in [9.17, 15) is 4.79 Å². The third-order valence-corrected chi connectivity index (χ3v) is 2.42. The fourth-order valence-electron chi connectivity index (χ4n) is 1.54. The lowest BCUT2D eigenvalue weighted by molar-refractivity contribution is -0.154. The number of carbonyl (C=O) groups is 1. The summed E-state index contributed by atoms with van der Waals surface area (Å²) in [7, 11) is 0. The maximum absolute atomic E-state index is 11.4. The number of hydrogen-bond acceptors (Lipinski definition) is 3. The third kappa shape index (κ3) is 8.72. The summed E-state index contributed by atoms with van der Waals surface area (Å²) < 4.78 is 5.24. The summed E-state index contributed by atoms with van der Waals surface area (Å²) in [6, 6.07) is 0. The van der Waals surface area contributed by atoms with Gasteiger partial charge in [0.15, 0.2) is 0 Å². The number of nitrogens with zero attached hydrogens (tertiary/aromatic N) is 1. The average Bonchev–Trinajstić information content (AvgIpc) is 2.15. The van der Waals surface area contributed by atoms with Crippen LogP contribution in [0.2, 0.25) is 0 Å². The zero-order valence-electron chi connectivity index (χ0n) is 11.5. The number of rotatable bonds is 7. The zero-order chi connectivity index (χ0) is 12.6. The topological polar surface area (TPSA) is 29.5 Å². The minimum atomic E-state index is -0.351. The van der Waals surface area contributed by atoms with Crippen LogP contribution in [0.4, 0.5) is 0 Å². The monoisotopic (exact) mass is 229 g/mol. The molecule has 0 spiro atoms. The van der Waals surface area contributed by atoms with Gasteiger partial charge in [-0.05, 0) is 53.2 Å². The Kier molecular flexibility index (Phi) is 7.39. The molecule has 0 aromatic carbocycles. The molecule has 0 bridgehead atoms. The molecule has 0 aliphatic rings. The van der Waals surface area contributed by atoms with Crippen LogP contribution in [-0.4, -0.2) is 36.1 Å². The average molecular weight is 229 g/mol. The van der Waals surface area contributed by atoms with E-state index in [0.29, 0.717) is 6.42 Å². The van der Waals surface area contributed by atoms with Gasteiger partial charge in [0.25, 0.3) is 0 Å². The maximum Gasteiger partial charge on any atom is 0.306 e. The molecule has 16 heavy (non-hydrogen) atoms. The lowest BCUT2D eigenvalue weighted by Crippen LogP contribution is -2.25. The zero-order valence-corrected chi connectivity index (χ0v) is 11.5. The van der Waals surface area contributed by atoms with Crippen LogP contribution in [0.1, 0.15) is 53.9 Å². The molecule has 0 rings (SSSR count). The van der Waals surface area contributed by atoms with E-state index in [-0.39, 0.29) is 11.6 Å². The Morgan fingerprint density at radius 1 is 1.12 bits per heavy atom. The van der Waals surface area contributed by atoms with E-state index in [1.165, 1.54) is 0 Å². The van der Waals surface area contributed by atoms with Gasteiger partial charge in [0.2, 0.25) is 0 Å². The van der Waals surface area contributed by atoms with E-state index < -0.39 is 0 Å². The van der Waals surface area contributed by atoms with Gasteiger partial charge in [-0.25, -0.2) is 0 Å². The maximum atomic E-state index is 11.4. The molecule has 0 N–H and O–H groups in total. The van der Waals surface area contributed by atoms with Crippen molar-refractivity contribution >= 4 is 5.97 Å². The summed E-state index contributed by atoms with van der Waals surface area (Å²) in [6.45, 7) is 13.3. The van der Waals surface area contributed by atoms with Crippen LogP contribution in [0.25, 0.3) is 0 Å². The summed E-state index contributed by atoms with van der Waals surface area (Å²) in [5.41, 5.74) is -0.351. The van der Waals surface area contributed by atoms with E-state index in [1.807, 2.05) is 20.8 Å². The molecule has 0 saturated carbocycles. The van der Waals surface area contributed by atoms with Gasteiger partial charge < -0.3 is 9.64 Å². The molecule has 0 aliphatic heterocycles. The SMILES string of the molecule is CCN(CC)CCCCC(=O)OC(C)(C)C. The first-order chi connectivity index (χ1) is 7.39. The fourth-order valence-corrected chi connectivity index (χ4v) is 1.54. The van der Waals surface area contributed by atoms with Crippen LogP contribution in [-0.2, 0) is 9.53 Å². The molecule has 0 fully saturated rings. The second-order valence-electron chi connectivity index (χ2n) is 5.07. The van der Waals surface area contributed by atoms with Crippen molar-refractivity contribution in [2.45, 2.75) is 59.5 Å². The third-order valence-electron chi connectivity index (χ3n) is 2.42. The number of carbonyl (C=O) groups excluding carboxylic acids is 1. The molecule has 0 aromatic heterocycles. The Labute approximate surface area is 100 Å². The molecule has 96 valence electrons. The van der Waals surface area contributed by atoms with Crippen molar-refractivity contribution < 1.29 is 9.53 Å². The molecule has 0 heterocycles. The van der Waals surface area contributed by atoms with Crippen molar-refractivity contribution in [2.75, 3.05) is 19.6 Å². The van der Waals surface area contributed by atoms with Crippen molar-refractivity contribution in [2.24, 2.45) is 0 Å². The van der Waals surface area contributed by atoms with Crippen LogP contribution in [0.5, 0.6) is 0 Å². The lowest BCUT2D eigenvalue weighted by atomic mass is 10.2. The summed E-state index contributed by atoms with van der Waals surface area (Å²) >= 11 is 0. The molecule has 0 aromatic rings. The Balaban J connectivity index is 3.55. The normalized spacial score (nSPS) is 11.9. The molecular formula is C13H27NO2. The van der Waals surface area contributed by atoms with E-state index in [0.717, 1.165) is 32.5 Å². The highest BCUT2D eigenvalue weighted by Crippen LogP contribution is 2.10. The van der Waals surface area contributed by atoms with Gasteiger partial charge in [-0.15, -0.1) is 0 Å². The Morgan fingerprint density at radius 2 is 1.69 bits per heavy atom. The van der Waals surface area contributed by atoms with Gasteiger partial charge in [-0.1, -0.05) is 13.8 Å². The molecule has 0 unspecified atom stereocenters. The quantitative estimate of drug-likeness (QED) is 0.496. The van der Waals surface area contributed by atoms with Crippen molar-refractivity contribution in [1.29, 1.82) is 0 Å². The van der Waals surface area contributed by atoms with E-state index in [2.05, 4.69) is 18.7 Å². The fraction of sp³-hybridized carbons (Fsp3) is 0.923. The van der Waals surface area contributed by atoms with Crippen molar-refractivity contribution in [3.8, 4) is 0 Å². The first kappa shape index (κ1) is 15.4. The van der Waals surface area contributed by atoms with E-state index in [1.54, 1.807) is 0 Å². The largest absolute Gasteiger partial charge is 0.460 e. The van der Waals surface area contributed by atoms with Gasteiger partial charge in [0, 0.05) is 6.42 Å². The van der Waals surface area contributed by atoms with Gasteiger partial charge in [0.1, 0.15) is 5.60 Å². The van der Waals surface area contributed by atoms with Crippen LogP contribution < -0.4 is 0 Å². The van der Waals surface area contributed by atoms with Gasteiger partial charge >= 0.3 is 5.97 Å². The first-order valence-corrected chi connectivity index (χ1v) is 6.33. The molecule has 0 atom stereocenters. The highest BCUT2D eigenvalue weighted by Gasteiger charge is 2.15. The van der Waals surface area contributed by atoms with Crippen molar-refractivity contribution in [3.05, 3.63) is 0 Å². The molecular weight excluding hydrogens is 202 g/mol. The molecule has 3 heteroatoms. The lowest BCUT2D eigenvalue weighted by Gasteiger charge is -2.20. The number of esters is 1. The predicted molar refractivity (Wildman–Crippen MR) is 67.5 cm³/mol. The molecule has 0 aliphatic carbocycles. The summed E-state index contributed by atoms with van der Waals surface area (Å²) in [4.78, 5) is 13.8. The van der Waals surface area contributed by atoms with E-state index in [4.69, 9.17) is 4.74 Å². The van der Waals surface area contributed by atoms with Crippen LogP contribution >= 0.6 is 0 Å². The highest BCUT2D eigenvalue weighted by molar-refractivity contribution is 5.69. The standard InChI is InChI=1S/C13H27NO2/c1-6-14(7-2)11-9-8-10-12(15)16-13(3,4)5/h6-11H2,1-5H3. The van der Waals surface area contributed by atoms with Crippen LogP contribution in [0.15, 0.2) is 0 Å². The molecule has 3 nitrogen and oxygen atoms in total. The Hall–Kier alpha value is -0.570. The first-order valence-electron chi connectivity index (χ1n) is 6.33. The second kappa shape index (κ2) is 7.66. The second-order valence-corrected chi connectivity index (χ2v) is 5.07. The number of ether oxygens (including phenoxy) is 1. The van der Waals surface area contributed by atoms with Gasteiger partial charge in [0.05, 0.1) is 0 Å².